The van der Waals surface area contributed by atoms with Gasteiger partial charge in [0, 0.05) is 25.3 Å². The maximum absolute atomic E-state index is 12.5. The molecule has 0 spiro atoms. The van der Waals surface area contributed by atoms with Gasteiger partial charge in [-0.1, -0.05) is 36.4 Å². The molecule has 0 aromatic heterocycles. The van der Waals surface area contributed by atoms with Crippen molar-refractivity contribution in [2.45, 2.75) is 32.2 Å². The van der Waals surface area contributed by atoms with E-state index in [4.69, 9.17) is 0 Å². The fourth-order valence-electron chi connectivity index (χ4n) is 4.24. The van der Waals surface area contributed by atoms with Crippen molar-refractivity contribution in [3.63, 3.8) is 0 Å². The summed E-state index contributed by atoms with van der Waals surface area (Å²) in [7, 11) is 0. The van der Waals surface area contributed by atoms with Crippen LogP contribution in [-0.2, 0) is 24.2 Å². The van der Waals surface area contributed by atoms with Gasteiger partial charge in [-0.05, 0) is 67.6 Å². The van der Waals surface area contributed by atoms with Crippen LogP contribution in [0.15, 0.2) is 48.5 Å². The smallest absolute Gasteiger partial charge is 0.238 e. The quantitative estimate of drug-likeness (QED) is 0.885. The highest BCUT2D eigenvalue weighted by Gasteiger charge is 2.18. The molecule has 2 aromatic carbocycles. The molecule has 1 N–H and O–H groups in total. The van der Waals surface area contributed by atoms with Crippen molar-refractivity contribution in [1.82, 2.24) is 9.80 Å². The topological polar surface area (TPSA) is 35.6 Å². The van der Waals surface area contributed by atoms with E-state index in [-0.39, 0.29) is 5.91 Å². The number of hydrogen-bond donors (Lipinski definition) is 1. The Morgan fingerprint density at radius 3 is 2.52 bits per heavy atom. The lowest BCUT2D eigenvalue weighted by Crippen LogP contribution is -2.36. The molecule has 0 atom stereocenters. The minimum Gasteiger partial charge on any atom is -0.325 e. The molecule has 27 heavy (non-hydrogen) atoms. The van der Waals surface area contributed by atoms with Gasteiger partial charge in [0.15, 0.2) is 0 Å². The first-order valence-electron chi connectivity index (χ1n) is 10.2. The van der Waals surface area contributed by atoms with Crippen LogP contribution in [0.4, 0.5) is 5.69 Å². The van der Waals surface area contributed by atoms with Crippen LogP contribution in [0, 0.1) is 0 Å². The van der Waals surface area contributed by atoms with E-state index >= 15 is 0 Å². The number of rotatable bonds is 5. The lowest BCUT2D eigenvalue weighted by atomic mass is 10.1. The third-order valence-electron chi connectivity index (χ3n) is 5.68. The van der Waals surface area contributed by atoms with E-state index in [1.807, 2.05) is 6.07 Å². The van der Waals surface area contributed by atoms with E-state index in [9.17, 15) is 4.79 Å². The monoisotopic (exact) mass is 363 g/mol. The molecule has 0 bridgehead atoms. The summed E-state index contributed by atoms with van der Waals surface area (Å²) in [5.41, 5.74) is 5.15. The van der Waals surface area contributed by atoms with Crippen molar-refractivity contribution in [2.75, 3.05) is 38.0 Å². The van der Waals surface area contributed by atoms with Gasteiger partial charge in [0.25, 0.3) is 0 Å². The molecule has 1 amide bonds. The third kappa shape index (κ3) is 4.96. The summed E-state index contributed by atoms with van der Waals surface area (Å²) in [5, 5.41) is 3.10. The van der Waals surface area contributed by atoms with Gasteiger partial charge in [-0.2, -0.15) is 0 Å². The Morgan fingerprint density at radius 2 is 1.63 bits per heavy atom. The van der Waals surface area contributed by atoms with Crippen LogP contribution in [0.5, 0.6) is 0 Å². The molecule has 1 aliphatic carbocycles. The van der Waals surface area contributed by atoms with Crippen LogP contribution in [0.1, 0.15) is 29.5 Å². The number of nitrogens with zero attached hydrogens (tertiary/aromatic N) is 2. The first kappa shape index (κ1) is 18.2. The predicted molar refractivity (Wildman–Crippen MR) is 110 cm³/mol. The zero-order chi connectivity index (χ0) is 18.5. The van der Waals surface area contributed by atoms with E-state index in [0.717, 1.165) is 51.3 Å². The summed E-state index contributed by atoms with van der Waals surface area (Å²) < 4.78 is 0. The number of nitrogens with one attached hydrogen (secondary N) is 1. The largest absolute Gasteiger partial charge is 0.325 e. The average Bonchev–Trinajstić information content (AvgIpc) is 3.03. The molecular weight excluding hydrogens is 334 g/mol. The molecule has 1 saturated heterocycles. The van der Waals surface area contributed by atoms with Crippen molar-refractivity contribution < 1.29 is 4.79 Å². The number of aryl methyl sites for hydroxylation is 2. The molecular formula is C23H29N3O. The number of carbonyl (C=O) groups is 1. The standard InChI is InChI=1S/C23H29N3O/c27-23(24-22-11-10-20-8-4-9-21(20)16-22)18-26-13-5-12-25(14-15-26)17-19-6-2-1-3-7-19/h1-3,6-7,10-11,16H,4-5,8-9,12-15,17-18H2,(H,24,27). The Labute approximate surface area is 162 Å². The van der Waals surface area contributed by atoms with Crippen LogP contribution in [0.3, 0.4) is 0 Å². The second-order valence-corrected chi connectivity index (χ2v) is 7.78. The molecule has 4 heteroatoms. The zero-order valence-corrected chi connectivity index (χ0v) is 16.0. The number of fused-ring (bicyclic) bond motifs is 1. The molecule has 1 fully saturated rings. The molecule has 0 unspecified atom stereocenters. The Morgan fingerprint density at radius 1 is 0.852 bits per heavy atom. The van der Waals surface area contributed by atoms with Crippen molar-refractivity contribution in [1.29, 1.82) is 0 Å². The van der Waals surface area contributed by atoms with Crippen LogP contribution >= 0.6 is 0 Å². The lowest BCUT2D eigenvalue weighted by Gasteiger charge is -2.21. The minimum absolute atomic E-state index is 0.101. The SMILES string of the molecule is O=C(CN1CCCN(Cc2ccccc2)CC1)Nc1ccc2c(c1)CCC2. The van der Waals surface area contributed by atoms with E-state index < -0.39 is 0 Å². The highest BCUT2D eigenvalue weighted by molar-refractivity contribution is 5.92. The van der Waals surface area contributed by atoms with Crippen LogP contribution in [-0.4, -0.2) is 48.4 Å². The Balaban J connectivity index is 1.26. The number of anilines is 1. The number of benzene rings is 2. The third-order valence-corrected chi connectivity index (χ3v) is 5.68. The molecule has 1 heterocycles. The van der Waals surface area contributed by atoms with Gasteiger partial charge in [-0.15, -0.1) is 0 Å². The molecule has 142 valence electrons. The van der Waals surface area contributed by atoms with Gasteiger partial charge in [0.2, 0.25) is 5.91 Å². The average molecular weight is 364 g/mol. The van der Waals surface area contributed by atoms with Crippen molar-refractivity contribution in [3.8, 4) is 0 Å². The first-order chi connectivity index (χ1) is 13.3. The van der Waals surface area contributed by atoms with Crippen LogP contribution < -0.4 is 5.32 Å². The van der Waals surface area contributed by atoms with Gasteiger partial charge in [0.1, 0.15) is 0 Å². The molecule has 4 nitrogen and oxygen atoms in total. The predicted octanol–water partition coefficient (Wildman–Crippen LogP) is 3.32. The van der Waals surface area contributed by atoms with E-state index in [1.165, 1.54) is 29.5 Å². The summed E-state index contributed by atoms with van der Waals surface area (Å²) in [4.78, 5) is 17.3. The molecule has 2 aliphatic rings. The molecule has 4 rings (SSSR count). The molecule has 1 aliphatic heterocycles. The molecule has 2 aromatic rings. The maximum Gasteiger partial charge on any atom is 0.238 e. The Hall–Kier alpha value is -2.17. The normalized spacial score (nSPS) is 18.1. The summed E-state index contributed by atoms with van der Waals surface area (Å²) in [5.74, 6) is 0.101. The summed E-state index contributed by atoms with van der Waals surface area (Å²) >= 11 is 0. The van der Waals surface area contributed by atoms with Gasteiger partial charge in [-0.3, -0.25) is 14.6 Å². The van der Waals surface area contributed by atoms with Crippen LogP contribution in [0.2, 0.25) is 0 Å². The Kier molecular flexibility index (Phi) is 5.85. The Bertz CT molecular complexity index is 774. The van der Waals surface area contributed by atoms with E-state index in [2.05, 4.69) is 57.6 Å². The first-order valence-corrected chi connectivity index (χ1v) is 10.2. The van der Waals surface area contributed by atoms with Gasteiger partial charge < -0.3 is 5.32 Å². The maximum atomic E-state index is 12.5. The second-order valence-electron chi connectivity index (χ2n) is 7.78. The summed E-state index contributed by atoms with van der Waals surface area (Å²) in [6.07, 6.45) is 4.66. The van der Waals surface area contributed by atoms with E-state index in [0.29, 0.717) is 6.54 Å². The van der Waals surface area contributed by atoms with Gasteiger partial charge >= 0.3 is 0 Å². The number of carbonyl (C=O) groups excluding carboxylic acids is 1. The van der Waals surface area contributed by atoms with E-state index in [1.54, 1.807) is 0 Å². The fourth-order valence-corrected chi connectivity index (χ4v) is 4.24. The van der Waals surface area contributed by atoms with Crippen molar-refractivity contribution >= 4 is 11.6 Å². The summed E-state index contributed by atoms with van der Waals surface area (Å²) in [6.45, 7) is 5.53. The van der Waals surface area contributed by atoms with Crippen molar-refractivity contribution in [3.05, 3.63) is 65.2 Å². The highest BCUT2D eigenvalue weighted by Crippen LogP contribution is 2.24. The summed E-state index contributed by atoms with van der Waals surface area (Å²) in [6, 6.07) is 17.0. The zero-order valence-electron chi connectivity index (χ0n) is 16.0. The van der Waals surface area contributed by atoms with Gasteiger partial charge in [-0.25, -0.2) is 0 Å². The fraction of sp³-hybridized carbons (Fsp3) is 0.435. The number of amides is 1. The highest BCUT2D eigenvalue weighted by atomic mass is 16.2. The molecule has 0 radical (unpaired) electrons. The lowest BCUT2D eigenvalue weighted by molar-refractivity contribution is -0.117. The van der Waals surface area contributed by atoms with Crippen molar-refractivity contribution in [2.24, 2.45) is 0 Å². The number of hydrogen-bond acceptors (Lipinski definition) is 3. The minimum atomic E-state index is 0.101. The van der Waals surface area contributed by atoms with Crippen LogP contribution in [0.25, 0.3) is 0 Å². The molecule has 0 saturated carbocycles. The second kappa shape index (κ2) is 8.68. The van der Waals surface area contributed by atoms with Gasteiger partial charge in [0.05, 0.1) is 6.54 Å².